The van der Waals surface area contributed by atoms with Crippen LogP contribution in [0.25, 0.3) is 71.0 Å². The van der Waals surface area contributed by atoms with Crippen LogP contribution in [0.2, 0.25) is 0 Å². The van der Waals surface area contributed by atoms with Crippen LogP contribution in [0.1, 0.15) is 41.7 Å². The SMILES string of the molecule is CC1(C)c2cc(-c3ccc(/C(=C/Cc4cccc5ccccc45)N=C(N)c4cccc5ccccc45)c4ccccc34)ccc2-c2cc3ccccc3cc21. The van der Waals surface area contributed by atoms with Gasteiger partial charge in [-0.2, -0.15) is 0 Å². The molecule has 2 heteroatoms. The molecule has 9 aromatic rings. The van der Waals surface area contributed by atoms with Crippen LogP contribution in [0.3, 0.4) is 0 Å². The monoisotopic (exact) mass is 704 g/mol. The predicted molar refractivity (Wildman–Crippen MR) is 235 cm³/mol. The van der Waals surface area contributed by atoms with Gasteiger partial charge in [-0.05, 0) is 107 Å². The Morgan fingerprint density at radius 2 is 1.07 bits per heavy atom. The molecule has 0 saturated carbocycles. The highest BCUT2D eigenvalue weighted by Crippen LogP contribution is 2.51. The van der Waals surface area contributed by atoms with Gasteiger partial charge in [-0.1, -0.05) is 178 Å². The van der Waals surface area contributed by atoms with Crippen molar-refractivity contribution in [2.24, 2.45) is 10.7 Å². The summed E-state index contributed by atoms with van der Waals surface area (Å²) in [5.41, 5.74) is 18.8. The number of hydrogen-bond acceptors (Lipinski definition) is 1. The summed E-state index contributed by atoms with van der Waals surface area (Å²) in [5, 5.41) is 9.62. The molecule has 0 aliphatic heterocycles. The molecule has 2 N–H and O–H groups in total. The fraction of sp³-hybridized carbons (Fsp3) is 0.0755. The van der Waals surface area contributed by atoms with Crippen LogP contribution in [-0.4, -0.2) is 5.84 Å². The summed E-state index contributed by atoms with van der Waals surface area (Å²) in [4.78, 5) is 5.28. The van der Waals surface area contributed by atoms with Crippen molar-refractivity contribution in [3.05, 3.63) is 210 Å². The average Bonchev–Trinajstić information content (AvgIpc) is 3.45. The number of rotatable bonds is 6. The van der Waals surface area contributed by atoms with Crippen LogP contribution in [0.15, 0.2) is 187 Å². The summed E-state index contributed by atoms with van der Waals surface area (Å²) < 4.78 is 0. The van der Waals surface area contributed by atoms with E-state index in [1.54, 1.807) is 0 Å². The minimum Gasteiger partial charge on any atom is -0.383 e. The lowest BCUT2D eigenvalue weighted by atomic mass is 9.81. The molecule has 0 radical (unpaired) electrons. The molecular weight excluding hydrogens is 665 g/mol. The van der Waals surface area contributed by atoms with Crippen molar-refractivity contribution in [1.29, 1.82) is 0 Å². The van der Waals surface area contributed by atoms with Gasteiger partial charge >= 0.3 is 0 Å². The Balaban J connectivity index is 1.12. The first-order chi connectivity index (χ1) is 26.9. The molecule has 9 aromatic carbocycles. The Hall–Kier alpha value is -6.77. The van der Waals surface area contributed by atoms with E-state index in [2.05, 4.69) is 196 Å². The Labute approximate surface area is 321 Å². The zero-order chi connectivity index (χ0) is 37.1. The zero-order valence-electron chi connectivity index (χ0n) is 31.1. The lowest BCUT2D eigenvalue weighted by Crippen LogP contribution is -2.15. The summed E-state index contributed by atoms with van der Waals surface area (Å²) in [5.74, 6) is 0.502. The molecule has 1 aliphatic carbocycles. The maximum atomic E-state index is 6.98. The third-order valence-electron chi connectivity index (χ3n) is 11.8. The van der Waals surface area contributed by atoms with Crippen LogP contribution in [0.4, 0.5) is 0 Å². The van der Waals surface area contributed by atoms with E-state index in [4.69, 9.17) is 10.7 Å². The van der Waals surface area contributed by atoms with Gasteiger partial charge in [0.15, 0.2) is 0 Å². The van der Waals surface area contributed by atoms with E-state index in [0.717, 1.165) is 33.0 Å². The van der Waals surface area contributed by atoms with E-state index >= 15 is 0 Å². The zero-order valence-corrected chi connectivity index (χ0v) is 31.1. The number of fused-ring (bicyclic) bond motifs is 7. The first kappa shape index (κ1) is 32.8. The number of hydrogen-bond donors (Lipinski definition) is 1. The third kappa shape index (κ3) is 5.53. The molecule has 0 aromatic heterocycles. The van der Waals surface area contributed by atoms with Crippen molar-refractivity contribution in [2.75, 3.05) is 0 Å². The fourth-order valence-corrected chi connectivity index (χ4v) is 8.89. The van der Waals surface area contributed by atoms with E-state index in [-0.39, 0.29) is 5.41 Å². The van der Waals surface area contributed by atoms with Gasteiger partial charge in [0.1, 0.15) is 5.84 Å². The standard InChI is InChI=1S/C53H40N2/c1-53(2)49-33-39(25-27-45(49)48-31-37-15-3-4-16-38(37)32-50(48)53)42-28-29-46(44-23-10-9-22-43(42)44)51(30-26-36-18-11-17-34-13-5-7-20-40(34)36)55-52(54)47-24-12-19-35-14-6-8-21-41(35)47/h3-25,27-33H,26H2,1-2H3,(H2,54,55)/b51-30-. The predicted octanol–water partition coefficient (Wildman–Crippen LogP) is 13.3. The molecule has 0 fully saturated rings. The maximum absolute atomic E-state index is 6.98. The molecule has 262 valence electrons. The largest absolute Gasteiger partial charge is 0.383 e. The van der Waals surface area contributed by atoms with Crippen molar-refractivity contribution in [3.63, 3.8) is 0 Å². The Kier molecular flexibility index (Phi) is 7.74. The highest BCUT2D eigenvalue weighted by Gasteiger charge is 2.36. The molecule has 0 bridgehead atoms. The minimum atomic E-state index is -0.119. The van der Waals surface area contributed by atoms with Crippen molar-refractivity contribution in [2.45, 2.75) is 25.7 Å². The third-order valence-corrected chi connectivity index (χ3v) is 11.8. The van der Waals surface area contributed by atoms with Crippen LogP contribution in [0, 0.1) is 0 Å². The Morgan fingerprint density at radius 3 is 1.85 bits per heavy atom. The second kappa shape index (κ2) is 13.0. The van der Waals surface area contributed by atoms with Crippen LogP contribution in [-0.2, 0) is 11.8 Å². The minimum absolute atomic E-state index is 0.119. The summed E-state index contributed by atoms with van der Waals surface area (Å²) in [7, 11) is 0. The molecule has 2 nitrogen and oxygen atoms in total. The molecule has 0 saturated heterocycles. The second-order valence-electron chi connectivity index (χ2n) is 15.3. The quantitative estimate of drug-likeness (QED) is 0.136. The number of benzene rings is 9. The van der Waals surface area contributed by atoms with Crippen molar-refractivity contribution in [3.8, 4) is 22.3 Å². The summed E-state index contributed by atoms with van der Waals surface area (Å²) in [6, 6.07) is 63.5. The number of aliphatic imine (C=N–C) groups is 1. The van der Waals surface area contributed by atoms with Gasteiger partial charge < -0.3 is 5.73 Å². The highest BCUT2D eigenvalue weighted by molar-refractivity contribution is 6.12. The number of nitrogens with zero attached hydrogens (tertiary/aromatic N) is 1. The van der Waals surface area contributed by atoms with Gasteiger partial charge in [-0.3, -0.25) is 0 Å². The van der Waals surface area contributed by atoms with Crippen molar-refractivity contribution >= 4 is 54.6 Å². The van der Waals surface area contributed by atoms with Gasteiger partial charge in [0.05, 0.1) is 5.70 Å². The lowest BCUT2D eigenvalue weighted by molar-refractivity contribution is 0.661. The molecular formula is C53H40N2. The Morgan fingerprint density at radius 1 is 0.491 bits per heavy atom. The van der Waals surface area contributed by atoms with Crippen LogP contribution < -0.4 is 5.73 Å². The molecule has 0 unspecified atom stereocenters. The number of amidine groups is 1. The van der Waals surface area contributed by atoms with E-state index in [1.165, 1.54) is 65.9 Å². The lowest BCUT2D eigenvalue weighted by Gasteiger charge is -2.22. The second-order valence-corrected chi connectivity index (χ2v) is 15.3. The van der Waals surface area contributed by atoms with Gasteiger partial charge in [0, 0.05) is 16.5 Å². The van der Waals surface area contributed by atoms with E-state index in [0.29, 0.717) is 12.3 Å². The summed E-state index contributed by atoms with van der Waals surface area (Å²) >= 11 is 0. The molecule has 0 spiro atoms. The fourth-order valence-electron chi connectivity index (χ4n) is 8.89. The van der Waals surface area contributed by atoms with Crippen molar-refractivity contribution < 1.29 is 0 Å². The van der Waals surface area contributed by atoms with Crippen molar-refractivity contribution in [1.82, 2.24) is 0 Å². The van der Waals surface area contributed by atoms with E-state index < -0.39 is 0 Å². The van der Waals surface area contributed by atoms with Gasteiger partial charge in [0.25, 0.3) is 0 Å². The molecule has 55 heavy (non-hydrogen) atoms. The average molecular weight is 705 g/mol. The normalized spacial score (nSPS) is 13.8. The molecule has 0 amide bonds. The van der Waals surface area contributed by atoms with Gasteiger partial charge in [-0.15, -0.1) is 0 Å². The molecule has 1 aliphatic rings. The Bertz CT molecular complexity index is 3040. The first-order valence-electron chi connectivity index (χ1n) is 19.1. The highest BCUT2D eigenvalue weighted by atomic mass is 14.9. The summed E-state index contributed by atoms with van der Waals surface area (Å²) in [6.07, 6.45) is 2.97. The number of nitrogens with two attached hydrogens (primary N) is 1. The van der Waals surface area contributed by atoms with Crippen LogP contribution >= 0.6 is 0 Å². The smallest absolute Gasteiger partial charge is 0.131 e. The number of allylic oxidation sites excluding steroid dienone is 1. The molecule has 0 heterocycles. The van der Waals surface area contributed by atoms with E-state index in [9.17, 15) is 0 Å². The van der Waals surface area contributed by atoms with E-state index in [1.807, 2.05) is 0 Å². The molecule has 0 atom stereocenters. The van der Waals surface area contributed by atoms with Gasteiger partial charge in [-0.25, -0.2) is 4.99 Å². The summed E-state index contributed by atoms with van der Waals surface area (Å²) in [6.45, 7) is 4.73. The first-order valence-corrected chi connectivity index (χ1v) is 19.1. The molecule has 10 rings (SSSR count). The van der Waals surface area contributed by atoms with Crippen LogP contribution in [0.5, 0.6) is 0 Å². The topological polar surface area (TPSA) is 38.4 Å². The maximum Gasteiger partial charge on any atom is 0.131 e. The van der Waals surface area contributed by atoms with Gasteiger partial charge in [0.2, 0.25) is 0 Å².